The van der Waals surface area contributed by atoms with E-state index in [0.29, 0.717) is 22.4 Å². The van der Waals surface area contributed by atoms with Crippen LogP contribution in [0.4, 0.5) is 0 Å². The Balaban J connectivity index is 2.28. The molecule has 0 radical (unpaired) electrons. The number of carbonyl (C=O) groups excluding carboxylic acids is 1. The van der Waals surface area contributed by atoms with Gasteiger partial charge in [0.25, 0.3) is 5.91 Å². The van der Waals surface area contributed by atoms with Gasteiger partial charge in [-0.05, 0) is 36.3 Å². The zero-order valence-electron chi connectivity index (χ0n) is 9.94. The van der Waals surface area contributed by atoms with Crippen molar-refractivity contribution in [3.8, 4) is 0 Å². The lowest BCUT2D eigenvalue weighted by molar-refractivity contribution is -0.122. The van der Waals surface area contributed by atoms with E-state index in [9.17, 15) is 4.79 Å². The highest BCUT2D eigenvalue weighted by atomic mass is 35.5. The summed E-state index contributed by atoms with van der Waals surface area (Å²) < 4.78 is 0. The van der Waals surface area contributed by atoms with Crippen LogP contribution < -0.4 is 5.32 Å². The maximum absolute atomic E-state index is 12.1. The third-order valence-electron chi connectivity index (χ3n) is 2.61. The van der Waals surface area contributed by atoms with Gasteiger partial charge in [0, 0.05) is 11.6 Å². The van der Waals surface area contributed by atoms with Crippen molar-refractivity contribution in [1.82, 2.24) is 10.2 Å². The summed E-state index contributed by atoms with van der Waals surface area (Å²) in [6.07, 6.45) is 2.60. The van der Waals surface area contributed by atoms with Gasteiger partial charge in [0.1, 0.15) is 5.70 Å². The second-order valence-corrected chi connectivity index (χ2v) is 4.76. The zero-order valence-corrected chi connectivity index (χ0v) is 11.5. The number of rotatable bonds is 3. The molecule has 1 aromatic carbocycles. The number of nitrogens with zero attached hydrogens (tertiary/aromatic N) is 1. The van der Waals surface area contributed by atoms with Crippen molar-refractivity contribution < 1.29 is 4.79 Å². The van der Waals surface area contributed by atoms with Gasteiger partial charge < -0.3 is 5.32 Å². The molecule has 1 heterocycles. The first-order chi connectivity index (χ1) is 8.63. The maximum atomic E-state index is 12.1. The smallest absolute Gasteiger partial charge is 0.276 e. The van der Waals surface area contributed by atoms with Gasteiger partial charge >= 0.3 is 0 Å². The van der Waals surface area contributed by atoms with Crippen LogP contribution in [0.1, 0.15) is 18.9 Å². The van der Waals surface area contributed by atoms with Crippen molar-refractivity contribution in [2.45, 2.75) is 13.3 Å². The van der Waals surface area contributed by atoms with Crippen LogP contribution in [0.2, 0.25) is 5.02 Å². The molecule has 1 fully saturated rings. The number of benzene rings is 1. The molecule has 0 aromatic heterocycles. The summed E-state index contributed by atoms with van der Waals surface area (Å²) in [6, 6.07) is 7.37. The fourth-order valence-corrected chi connectivity index (χ4v) is 2.22. The monoisotopic (exact) mass is 280 g/mol. The molecule has 1 saturated heterocycles. The number of carbonyl (C=O) groups is 1. The molecule has 0 aliphatic carbocycles. The first-order valence-electron chi connectivity index (χ1n) is 5.72. The van der Waals surface area contributed by atoms with Crippen molar-refractivity contribution in [2.24, 2.45) is 0 Å². The van der Waals surface area contributed by atoms with Gasteiger partial charge in [-0.25, -0.2) is 0 Å². The van der Waals surface area contributed by atoms with Gasteiger partial charge in [-0.2, -0.15) is 0 Å². The van der Waals surface area contributed by atoms with Gasteiger partial charge in [0.05, 0.1) is 0 Å². The van der Waals surface area contributed by atoms with Crippen LogP contribution in [-0.4, -0.2) is 22.5 Å². The molecule has 94 valence electrons. The molecular weight excluding hydrogens is 268 g/mol. The molecule has 1 aliphatic heterocycles. The fraction of sp³-hybridized carbons (Fsp3) is 0.231. The van der Waals surface area contributed by atoms with Crippen molar-refractivity contribution >= 4 is 40.9 Å². The van der Waals surface area contributed by atoms with E-state index in [1.54, 1.807) is 17.0 Å². The van der Waals surface area contributed by atoms with Crippen molar-refractivity contribution in [2.75, 3.05) is 6.54 Å². The Kier molecular flexibility index (Phi) is 3.99. The Hall–Kier alpha value is -1.39. The van der Waals surface area contributed by atoms with Gasteiger partial charge in [0.2, 0.25) is 0 Å². The van der Waals surface area contributed by atoms with E-state index in [1.807, 2.05) is 25.1 Å². The standard InChI is InChI=1S/C13H13ClN2OS/c1-2-7-16-12(17)11(15-13(16)18)8-9-5-3-4-6-10(9)14/h3-6,8H,2,7H2,1H3,(H,15,18). The number of amides is 1. The lowest BCUT2D eigenvalue weighted by Crippen LogP contribution is -2.31. The Morgan fingerprint density at radius 1 is 1.44 bits per heavy atom. The summed E-state index contributed by atoms with van der Waals surface area (Å²) in [5.41, 5.74) is 1.28. The highest BCUT2D eigenvalue weighted by molar-refractivity contribution is 7.80. The summed E-state index contributed by atoms with van der Waals surface area (Å²) in [5, 5.41) is 3.99. The Labute approximate surface area is 116 Å². The molecule has 0 atom stereocenters. The van der Waals surface area contributed by atoms with Gasteiger partial charge in [-0.1, -0.05) is 36.7 Å². The minimum atomic E-state index is -0.0956. The molecule has 5 heteroatoms. The Bertz CT molecular complexity index is 527. The molecule has 18 heavy (non-hydrogen) atoms. The van der Waals surface area contributed by atoms with Crippen LogP contribution in [0.3, 0.4) is 0 Å². The third kappa shape index (κ3) is 2.54. The molecule has 0 spiro atoms. The van der Waals surface area contributed by atoms with Crippen molar-refractivity contribution in [3.63, 3.8) is 0 Å². The zero-order chi connectivity index (χ0) is 13.1. The van der Waals surface area contributed by atoms with Crippen LogP contribution in [0.25, 0.3) is 6.08 Å². The van der Waals surface area contributed by atoms with Gasteiger partial charge in [0.15, 0.2) is 5.11 Å². The second kappa shape index (κ2) is 5.50. The molecule has 0 bridgehead atoms. The van der Waals surface area contributed by atoms with Crippen LogP contribution in [0.15, 0.2) is 30.0 Å². The number of nitrogens with one attached hydrogen (secondary N) is 1. The van der Waals surface area contributed by atoms with Crippen molar-refractivity contribution in [1.29, 1.82) is 0 Å². The van der Waals surface area contributed by atoms with E-state index >= 15 is 0 Å². The summed E-state index contributed by atoms with van der Waals surface area (Å²) in [7, 11) is 0. The first kappa shape index (κ1) is 13.1. The van der Waals surface area contributed by atoms with Crippen LogP contribution in [0.5, 0.6) is 0 Å². The molecule has 0 saturated carbocycles. The SMILES string of the molecule is CCCN1C(=O)C(=Cc2ccccc2Cl)NC1=S. The van der Waals surface area contributed by atoms with E-state index in [1.165, 1.54) is 0 Å². The van der Waals surface area contributed by atoms with E-state index in [-0.39, 0.29) is 5.91 Å². The van der Waals surface area contributed by atoms with Gasteiger partial charge in [-0.3, -0.25) is 9.69 Å². The number of hydrogen-bond acceptors (Lipinski definition) is 2. The summed E-state index contributed by atoms with van der Waals surface area (Å²) in [5.74, 6) is -0.0956. The molecule has 1 aliphatic rings. The molecule has 1 N–H and O–H groups in total. The Morgan fingerprint density at radius 3 is 2.83 bits per heavy atom. The first-order valence-corrected chi connectivity index (χ1v) is 6.51. The normalized spacial score (nSPS) is 17.4. The maximum Gasteiger partial charge on any atom is 0.276 e. The topological polar surface area (TPSA) is 32.3 Å². The molecule has 1 aromatic rings. The quantitative estimate of drug-likeness (QED) is 0.683. The van der Waals surface area contributed by atoms with Crippen LogP contribution in [0, 0.1) is 0 Å². The predicted octanol–water partition coefficient (Wildman–Crippen LogP) is 2.81. The van der Waals surface area contributed by atoms with Gasteiger partial charge in [-0.15, -0.1) is 0 Å². The van der Waals surface area contributed by atoms with E-state index in [4.69, 9.17) is 23.8 Å². The molecule has 3 nitrogen and oxygen atoms in total. The van der Waals surface area contributed by atoms with Crippen LogP contribution >= 0.6 is 23.8 Å². The summed E-state index contributed by atoms with van der Waals surface area (Å²) in [4.78, 5) is 13.7. The lowest BCUT2D eigenvalue weighted by Gasteiger charge is -2.11. The second-order valence-electron chi connectivity index (χ2n) is 3.97. The molecular formula is C13H13ClN2OS. The average molecular weight is 281 g/mol. The van der Waals surface area contributed by atoms with E-state index < -0.39 is 0 Å². The summed E-state index contributed by atoms with van der Waals surface area (Å²) >= 11 is 11.2. The number of hydrogen-bond donors (Lipinski definition) is 1. The molecule has 2 rings (SSSR count). The lowest BCUT2D eigenvalue weighted by atomic mass is 10.2. The average Bonchev–Trinajstić information content (AvgIpc) is 2.60. The highest BCUT2D eigenvalue weighted by Gasteiger charge is 2.29. The van der Waals surface area contributed by atoms with E-state index in [2.05, 4.69) is 5.32 Å². The minimum Gasteiger partial charge on any atom is -0.328 e. The largest absolute Gasteiger partial charge is 0.328 e. The molecule has 0 unspecified atom stereocenters. The number of halogens is 1. The number of thiocarbonyl (C=S) groups is 1. The highest BCUT2D eigenvalue weighted by Crippen LogP contribution is 2.20. The summed E-state index contributed by atoms with van der Waals surface area (Å²) in [6.45, 7) is 2.64. The van der Waals surface area contributed by atoms with E-state index in [0.717, 1.165) is 12.0 Å². The third-order valence-corrected chi connectivity index (χ3v) is 3.28. The van der Waals surface area contributed by atoms with Crippen molar-refractivity contribution in [3.05, 3.63) is 40.5 Å². The fourth-order valence-electron chi connectivity index (χ4n) is 1.75. The Morgan fingerprint density at radius 2 is 2.17 bits per heavy atom. The van der Waals surface area contributed by atoms with Crippen LogP contribution in [-0.2, 0) is 4.79 Å². The molecule has 1 amide bonds. The minimum absolute atomic E-state index is 0.0956. The predicted molar refractivity (Wildman–Crippen MR) is 77.2 cm³/mol.